The first-order chi connectivity index (χ1) is 15.1. The Morgan fingerprint density at radius 2 is 1.81 bits per heavy atom. The van der Waals surface area contributed by atoms with Crippen molar-refractivity contribution >= 4 is 18.0 Å². The monoisotopic (exact) mass is 425 g/mol. The van der Waals surface area contributed by atoms with Gasteiger partial charge in [0.25, 0.3) is 11.8 Å². The molecule has 31 heavy (non-hydrogen) atoms. The van der Waals surface area contributed by atoms with E-state index < -0.39 is 5.91 Å². The van der Waals surface area contributed by atoms with E-state index in [0.29, 0.717) is 29.2 Å². The van der Waals surface area contributed by atoms with E-state index in [1.54, 1.807) is 18.2 Å². The molecular formula is C23H27N3O5. The highest BCUT2D eigenvalue weighted by atomic mass is 16.5. The minimum absolute atomic E-state index is 0.0234. The van der Waals surface area contributed by atoms with Gasteiger partial charge in [0.1, 0.15) is 5.75 Å². The number of phenols is 1. The van der Waals surface area contributed by atoms with Crippen molar-refractivity contribution in [2.75, 3.05) is 26.3 Å². The van der Waals surface area contributed by atoms with Crippen LogP contribution in [0.1, 0.15) is 42.1 Å². The molecule has 1 heterocycles. The normalized spacial score (nSPS) is 13.8. The number of nitrogens with zero attached hydrogens (tertiary/aromatic N) is 2. The van der Waals surface area contributed by atoms with Gasteiger partial charge in [-0.1, -0.05) is 0 Å². The zero-order valence-electron chi connectivity index (χ0n) is 17.5. The summed E-state index contributed by atoms with van der Waals surface area (Å²) in [5, 5.41) is 13.2. The number of hydrazone groups is 1. The number of carbonyl (C=O) groups excluding carboxylic acids is 2. The van der Waals surface area contributed by atoms with Crippen molar-refractivity contribution in [1.82, 2.24) is 10.3 Å². The van der Waals surface area contributed by atoms with Gasteiger partial charge in [0.2, 0.25) is 0 Å². The first kappa shape index (κ1) is 22.1. The van der Waals surface area contributed by atoms with Gasteiger partial charge in [0.15, 0.2) is 18.1 Å². The van der Waals surface area contributed by atoms with Crippen LogP contribution in [0.2, 0.25) is 0 Å². The van der Waals surface area contributed by atoms with Crippen molar-refractivity contribution in [3.8, 4) is 17.2 Å². The van der Waals surface area contributed by atoms with E-state index in [4.69, 9.17) is 9.47 Å². The summed E-state index contributed by atoms with van der Waals surface area (Å²) in [5.41, 5.74) is 3.52. The lowest BCUT2D eigenvalue weighted by molar-refractivity contribution is -0.134. The molecule has 0 aromatic heterocycles. The van der Waals surface area contributed by atoms with Crippen molar-refractivity contribution in [1.29, 1.82) is 0 Å². The molecule has 1 aliphatic rings. The molecule has 0 spiro atoms. The van der Waals surface area contributed by atoms with E-state index in [1.807, 2.05) is 11.8 Å². The van der Waals surface area contributed by atoms with Crippen LogP contribution in [0.4, 0.5) is 0 Å². The second kappa shape index (κ2) is 11.0. The van der Waals surface area contributed by atoms with E-state index in [1.165, 1.54) is 30.5 Å². The average molecular weight is 425 g/mol. The maximum absolute atomic E-state index is 12.3. The lowest BCUT2D eigenvalue weighted by Gasteiger charge is -2.26. The van der Waals surface area contributed by atoms with Gasteiger partial charge in [0, 0.05) is 18.7 Å². The van der Waals surface area contributed by atoms with Crippen LogP contribution >= 0.6 is 0 Å². The topological polar surface area (TPSA) is 100 Å². The minimum atomic E-state index is -0.391. The summed E-state index contributed by atoms with van der Waals surface area (Å²) in [5.74, 6) is 0.658. The van der Waals surface area contributed by atoms with Gasteiger partial charge in [-0.2, -0.15) is 5.10 Å². The number of amides is 2. The summed E-state index contributed by atoms with van der Waals surface area (Å²) in [6, 6.07) is 11.1. The summed E-state index contributed by atoms with van der Waals surface area (Å²) in [4.78, 5) is 26.2. The molecule has 2 amide bonds. The largest absolute Gasteiger partial charge is 0.508 e. The van der Waals surface area contributed by atoms with E-state index in [0.717, 1.165) is 32.4 Å². The molecule has 0 saturated carbocycles. The van der Waals surface area contributed by atoms with Gasteiger partial charge in [-0.3, -0.25) is 9.59 Å². The van der Waals surface area contributed by atoms with E-state index in [-0.39, 0.29) is 18.3 Å². The van der Waals surface area contributed by atoms with Crippen molar-refractivity contribution < 1.29 is 24.2 Å². The molecule has 2 N–H and O–H groups in total. The van der Waals surface area contributed by atoms with Gasteiger partial charge >= 0.3 is 0 Å². The van der Waals surface area contributed by atoms with E-state index in [2.05, 4.69) is 10.5 Å². The first-order valence-electron chi connectivity index (χ1n) is 10.4. The van der Waals surface area contributed by atoms with Crippen molar-refractivity contribution in [3.05, 3.63) is 53.6 Å². The Labute approximate surface area is 181 Å². The number of carbonyl (C=O) groups is 2. The molecule has 1 fully saturated rings. The van der Waals surface area contributed by atoms with E-state index >= 15 is 0 Å². The van der Waals surface area contributed by atoms with Crippen LogP contribution in [0.25, 0.3) is 0 Å². The van der Waals surface area contributed by atoms with Crippen molar-refractivity contribution in [2.24, 2.45) is 5.10 Å². The predicted octanol–water partition coefficient (Wildman–Crippen LogP) is 2.95. The maximum Gasteiger partial charge on any atom is 0.271 e. The van der Waals surface area contributed by atoms with Crippen LogP contribution < -0.4 is 14.9 Å². The standard InChI is InChI=1S/C23H27N3O5/c1-2-30-21-14-17(15-24-25-23(29)18-7-9-19(27)10-8-18)6-11-20(21)31-16-22(28)26-12-4-3-5-13-26/h6-11,14-15,27H,2-5,12-13,16H2,1H3,(H,25,29)/b24-15-. The molecule has 2 aromatic rings. The SMILES string of the molecule is CCOc1cc(/C=N\NC(=O)c2ccc(O)cc2)ccc1OCC(=O)N1CCCCC1. The highest BCUT2D eigenvalue weighted by Gasteiger charge is 2.17. The molecular weight excluding hydrogens is 398 g/mol. The Bertz CT molecular complexity index is 921. The highest BCUT2D eigenvalue weighted by molar-refractivity contribution is 5.95. The number of aromatic hydroxyl groups is 1. The van der Waals surface area contributed by atoms with Gasteiger partial charge in [-0.05, 0) is 74.2 Å². The van der Waals surface area contributed by atoms with Gasteiger partial charge < -0.3 is 19.5 Å². The third kappa shape index (κ3) is 6.47. The lowest BCUT2D eigenvalue weighted by atomic mass is 10.1. The number of ether oxygens (including phenoxy) is 2. The second-order valence-electron chi connectivity index (χ2n) is 7.12. The second-order valence-corrected chi connectivity index (χ2v) is 7.12. The Balaban J connectivity index is 1.59. The predicted molar refractivity (Wildman–Crippen MR) is 117 cm³/mol. The summed E-state index contributed by atoms with van der Waals surface area (Å²) in [6.07, 6.45) is 4.72. The molecule has 8 nitrogen and oxygen atoms in total. The summed E-state index contributed by atoms with van der Waals surface area (Å²) in [7, 11) is 0. The van der Waals surface area contributed by atoms with Crippen LogP contribution in [0.3, 0.4) is 0 Å². The smallest absolute Gasteiger partial charge is 0.271 e. The van der Waals surface area contributed by atoms with Crippen molar-refractivity contribution in [3.63, 3.8) is 0 Å². The number of nitrogens with one attached hydrogen (secondary N) is 1. The third-order valence-corrected chi connectivity index (χ3v) is 4.84. The third-order valence-electron chi connectivity index (χ3n) is 4.84. The zero-order chi connectivity index (χ0) is 22.1. The molecule has 1 aliphatic heterocycles. The minimum Gasteiger partial charge on any atom is -0.508 e. The molecule has 2 aromatic carbocycles. The fourth-order valence-corrected chi connectivity index (χ4v) is 3.21. The highest BCUT2D eigenvalue weighted by Crippen LogP contribution is 2.28. The van der Waals surface area contributed by atoms with Crippen LogP contribution in [0.5, 0.6) is 17.2 Å². The van der Waals surface area contributed by atoms with E-state index in [9.17, 15) is 14.7 Å². The summed E-state index contributed by atoms with van der Waals surface area (Å²) in [6.45, 7) is 3.84. The van der Waals surface area contributed by atoms with Gasteiger partial charge in [0.05, 0.1) is 12.8 Å². The summed E-state index contributed by atoms with van der Waals surface area (Å²) >= 11 is 0. The van der Waals surface area contributed by atoms with Gasteiger partial charge in [-0.25, -0.2) is 5.43 Å². The lowest BCUT2D eigenvalue weighted by Crippen LogP contribution is -2.38. The first-order valence-corrected chi connectivity index (χ1v) is 10.4. The molecule has 8 heteroatoms. The molecule has 3 rings (SSSR count). The number of hydrogen-bond donors (Lipinski definition) is 2. The Morgan fingerprint density at radius 1 is 1.06 bits per heavy atom. The average Bonchev–Trinajstić information content (AvgIpc) is 2.79. The van der Waals surface area contributed by atoms with Crippen LogP contribution in [-0.4, -0.2) is 54.3 Å². The molecule has 164 valence electrons. The number of phenolic OH excluding ortho intramolecular Hbond substituents is 1. The molecule has 1 saturated heterocycles. The van der Waals surface area contributed by atoms with Gasteiger partial charge in [-0.15, -0.1) is 0 Å². The number of benzene rings is 2. The van der Waals surface area contributed by atoms with Crippen LogP contribution in [0.15, 0.2) is 47.6 Å². The number of rotatable bonds is 8. The van der Waals surface area contributed by atoms with Crippen molar-refractivity contribution in [2.45, 2.75) is 26.2 Å². The fourth-order valence-electron chi connectivity index (χ4n) is 3.21. The fraction of sp³-hybridized carbons (Fsp3) is 0.348. The van der Waals surface area contributed by atoms with Crippen LogP contribution in [-0.2, 0) is 4.79 Å². The number of likely N-dealkylation sites (tertiary alicyclic amines) is 1. The number of piperidine rings is 1. The quantitative estimate of drug-likeness (QED) is 0.500. The summed E-state index contributed by atoms with van der Waals surface area (Å²) < 4.78 is 11.4. The zero-order valence-corrected chi connectivity index (χ0v) is 17.5. The Morgan fingerprint density at radius 3 is 2.52 bits per heavy atom. The molecule has 0 bridgehead atoms. The molecule has 0 unspecified atom stereocenters. The number of hydrogen-bond acceptors (Lipinski definition) is 6. The Hall–Kier alpha value is -3.55. The van der Waals surface area contributed by atoms with Crippen LogP contribution in [0, 0.1) is 0 Å². The molecule has 0 radical (unpaired) electrons. The molecule has 0 aliphatic carbocycles. The Kier molecular flexibility index (Phi) is 7.86. The maximum atomic E-state index is 12.3. The molecule has 0 atom stereocenters.